The van der Waals surface area contributed by atoms with E-state index in [9.17, 15) is 4.79 Å². The maximum Gasteiger partial charge on any atom is 0.323 e. The highest BCUT2D eigenvalue weighted by atomic mass is 79.9. The smallest absolute Gasteiger partial charge is 0.323 e. The number of nitrogens with zero attached hydrogens (tertiary/aromatic N) is 9. The van der Waals surface area contributed by atoms with Crippen LogP contribution in [0.4, 0.5) is 11.6 Å². The van der Waals surface area contributed by atoms with Gasteiger partial charge >= 0.3 is 5.97 Å². The van der Waals surface area contributed by atoms with Crippen LogP contribution < -0.4 is 22.1 Å². The molecule has 2 saturated heterocycles. The molecule has 6 aromatic heterocycles. The zero-order chi connectivity index (χ0) is 35.9. The molecule has 0 aromatic carbocycles. The van der Waals surface area contributed by atoms with Gasteiger partial charge in [-0.3, -0.25) is 14.6 Å². The summed E-state index contributed by atoms with van der Waals surface area (Å²) in [7, 11) is 1.87. The van der Waals surface area contributed by atoms with Gasteiger partial charge in [0.1, 0.15) is 23.3 Å². The fourth-order valence-electron chi connectivity index (χ4n) is 6.63. The zero-order valence-electron chi connectivity index (χ0n) is 29.1. The van der Waals surface area contributed by atoms with E-state index >= 15 is 0 Å². The van der Waals surface area contributed by atoms with E-state index in [0.29, 0.717) is 36.2 Å². The van der Waals surface area contributed by atoms with Gasteiger partial charge in [-0.1, -0.05) is 0 Å². The Bertz CT molecular complexity index is 2150. The maximum absolute atomic E-state index is 12.3. The van der Waals surface area contributed by atoms with Crippen molar-refractivity contribution in [3.63, 3.8) is 0 Å². The number of aryl methyl sites for hydroxylation is 1. The molecule has 3 atom stereocenters. The summed E-state index contributed by atoms with van der Waals surface area (Å²) < 4.78 is 11.4. The van der Waals surface area contributed by atoms with E-state index in [1.54, 1.807) is 38.5 Å². The van der Waals surface area contributed by atoms with Gasteiger partial charge in [0.25, 0.3) is 0 Å². The number of anilines is 2. The number of carbonyl (C=O) groups excluding carboxylic acids is 1. The number of aromatic nitrogens is 10. The van der Waals surface area contributed by atoms with Crippen LogP contribution in [0.15, 0.2) is 47.7 Å². The third kappa shape index (κ3) is 7.18. The number of nitrogens with two attached hydrogens (primary N) is 2. The van der Waals surface area contributed by atoms with Crippen LogP contribution in [0.1, 0.15) is 69.7 Å². The number of hydrogen-bond acceptors (Lipinski definition) is 12. The first-order valence-electron chi connectivity index (χ1n) is 17.1. The number of nitrogens with one attached hydrogen (secondary N) is 3. The van der Waals surface area contributed by atoms with Gasteiger partial charge in [0.2, 0.25) is 0 Å². The molecular formula is C34H43BrN14O2. The van der Waals surface area contributed by atoms with Crippen molar-refractivity contribution in [3.8, 4) is 22.3 Å². The van der Waals surface area contributed by atoms with E-state index in [1.165, 1.54) is 0 Å². The van der Waals surface area contributed by atoms with Crippen LogP contribution in [0.2, 0.25) is 0 Å². The molecule has 7 N–H and O–H groups in total. The first-order chi connectivity index (χ1) is 24.5. The minimum atomic E-state index is -0.485. The number of hydrogen-bond donors (Lipinski definition) is 5. The summed E-state index contributed by atoms with van der Waals surface area (Å²) in [5, 5.41) is 26.5. The Morgan fingerprint density at radius 1 is 0.941 bits per heavy atom. The molecule has 2 fully saturated rings. The lowest BCUT2D eigenvalue weighted by atomic mass is 9.91. The summed E-state index contributed by atoms with van der Waals surface area (Å²) in [5.41, 5.74) is 19.1. The first kappa shape index (κ1) is 34.6. The lowest BCUT2D eigenvalue weighted by Gasteiger charge is -2.30. The third-order valence-corrected chi connectivity index (χ3v) is 10.0. The van der Waals surface area contributed by atoms with Gasteiger partial charge in [0, 0.05) is 72.7 Å². The van der Waals surface area contributed by atoms with Crippen molar-refractivity contribution < 1.29 is 9.53 Å². The third-order valence-electron chi connectivity index (χ3n) is 9.20. The number of nitrogen functional groups attached to an aromatic ring is 2. The Balaban J connectivity index is 0.000000165. The van der Waals surface area contributed by atoms with E-state index in [4.69, 9.17) is 26.2 Å². The minimum Gasteiger partial charge on any atom is -0.459 e. The van der Waals surface area contributed by atoms with Crippen LogP contribution in [-0.2, 0) is 16.6 Å². The molecule has 0 amide bonds. The SMILES string of the molecule is Cn1cc(-c2cnn3c(N)cc([C@H]4CC[C@@H](C(=O)OC(C)(C)C)NC4)nc23)cn1.Nc1c(Br)c(C2CCCNC2)nc2c(-c3cn[nH]c3)cnn12. The Kier molecular flexibility index (Phi) is 9.52. The summed E-state index contributed by atoms with van der Waals surface area (Å²) in [4.78, 5) is 22.0. The van der Waals surface area contributed by atoms with Crippen LogP contribution in [0.25, 0.3) is 33.5 Å². The molecule has 8 rings (SSSR count). The minimum absolute atomic E-state index is 0.164. The maximum atomic E-state index is 12.3. The number of ether oxygens (including phenoxy) is 1. The molecule has 51 heavy (non-hydrogen) atoms. The second kappa shape index (κ2) is 14.0. The number of piperidine rings is 2. The van der Waals surface area contributed by atoms with Gasteiger partial charge in [-0.05, 0) is 68.9 Å². The van der Waals surface area contributed by atoms with Crippen molar-refractivity contribution in [2.75, 3.05) is 31.1 Å². The van der Waals surface area contributed by atoms with Crippen LogP contribution >= 0.6 is 15.9 Å². The first-order valence-corrected chi connectivity index (χ1v) is 17.9. The molecular weight excluding hydrogens is 716 g/mol. The topological polar surface area (TPSA) is 209 Å². The van der Waals surface area contributed by atoms with Gasteiger partial charge in [-0.2, -0.15) is 29.4 Å². The summed E-state index contributed by atoms with van der Waals surface area (Å²) in [5.74, 6) is 1.45. The molecule has 1 unspecified atom stereocenters. The normalized spacial score (nSPS) is 19.6. The Morgan fingerprint density at radius 2 is 1.71 bits per heavy atom. The largest absolute Gasteiger partial charge is 0.459 e. The van der Waals surface area contributed by atoms with Crippen LogP contribution in [-0.4, -0.2) is 86.4 Å². The molecule has 0 radical (unpaired) electrons. The van der Waals surface area contributed by atoms with Gasteiger partial charge in [0.05, 0.1) is 40.6 Å². The fourth-order valence-corrected chi connectivity index (χ4v) is 7.21. The van der Waals surface area contributed by atoms with E-state index < -0.39 is 5.60 Å². The lowest BCUT2D eigenvalue weighted by Crippen LogP contribution is -2.46. The Hall–Kier alpha value is -4.87. The van der Waals surface area contributed by atoms with Crippen LogP contribution in [0.3, 0.4) is 0 Å². The number of fused-ring (bicyclic) bond motifs is 2. The van der Waals surface area contributed by atoms with E-state index in [0.717, 1.165) is 76.1 Å². The van der Waals surface area contributed by atoms with Crippen LogP contribution in [0.5, 0.6) is 0 Å². The molecule has 268 valence electrons. The molecule has 17 heteroatoms. The zero-order valence-corrected chi connectivity index (χ0v) is 30.7. The van der Waals surface area contributed by atoms with Crippen molar-refractivity contribution in [1.29, 1.82) is 0 Å². The van der Waals surface area contributed by atoms with Crippen LogP contribution in [0, 0.1) is 0 Å². The van der Waals surface area contributed by atoms with Gasteiger partial charge in [-0.15, -0.1) is 0 Å². The van der Waals surface area contributed by atoms with Crippen molar-refractivity contribution >= 4 is 44.8 Å². The lowest BCUT2D eigenvalue weighted by molar-refractivity contribution is -0.158. The summed E-state index contributed by atoms with van der Waals surface area (Å²) in [6.45, 7) is 8.27. The fraction of sp³-hybridized carbons (Fsp3) is 0.441. The molecule has 0 bridgehead atoms. The number of H-pyrrole nitrogens is 1. The average molecular weight is 760 g/mol. The monoisotopic (exact) mass is 758 g/mol. The molecule has 2 aliphatic rings. The Morgan fingerprint density at radius 3 is 2.35 bits per heavy atom. The van der Waals surface area contributed by atoms with Gasteiger partial charge in [0.15, 0.2) is 11.3 Å². The van der Waals surface area contributed by atoms with E-state index in [2.05, 4.69) is 52.1 Å². The number of rotatable bonds is 5. The predicted octanol–water partition coefficient (Wildman–Crippen LogP) is 3.82. The number of esters is 1. The summed E-state index contributed by atoms with van der Waals surface area (Å²) >= 11 is 3.60. The standard InChI is InChI=1S/C20H27N7O2.C14H16BrN7/c1-20(2,3)29-19(28)15-6-5-12(8-22-15)16-7-17(21)27-18(25-16)14(10-24-27)13-9-23-26(4)11-13;15-11-12(8-2-1-3-17-4-8)21-14-10(9-5-18-19-6-9)7-20-22(14)13(11)16/h7,9-12,15,22H,5-6,8,21H2,1-4H3;5-8,17H,1-4,16H2,(H,18,19)/t12-,15-;/m0./s1. The van der Waals surface area contributed by atoms with Crippen molar-refractivity contribution in [2.45, 2.75) is 69.9 Å². The number of aromatic amines is 1. The van der Waals surface area contributed by atoms with Crippen molar-refractivity contribution in [1.82, 2.24) is 59.8 Å². The molecule has 2 aliphatic heterocycles. The molecule has 6 aromatic rings. The van der Waals surface area contributed by atoms with Gasteiger partial charge in [-0.25, -0.2) is 9.97 Å². The highest BCUT2D eigenvalue weighted by Gasteiger charge is 2.31. The molecule has 0 spiro atoms. The second-order valence-corrected chi connectivity index (χ2v) is 14.9. The molecule has 0 saturated carbocycles. The number of carbonyl (C=O) groups is 1. The highest BCUT2D eigenvalue weighted by molar-refractivity contribution is 9.10. The second-order valence-electron chi connectivity index (χ2n) is 14.1. The van der Waals surface area contributed by atoms with Gasteiger partial charge < -0.3 is 26.8 Å². The average Bonchev–Trinajstić information content (AvgIpc) is 3.93. The summed E-state index contributed by atoms with van der Waals surface area (Å²) in [6.07, 6.45) is 14.6. The number of halogens is 1. The molecule has 0 aliphatic carbocycles. The Labute approximate surface area is 302 Å². The molecule has 8 heterocycles. The van der Waals surface area contributed by atoms with Crippen molar-refractivity contribution in [2.24, 2.45) is 7.05 Å². The molecule has 16 nitrogen and oxygen atoms in total. The van der Waals surface area contributed by atoms with Crippen molar-refractivity contribution in [3.05, 3.63) is 59.1 Å². The predicted molar refractivity (Wildman–Crippen MR) is 197 cm³/mol. The van der Waals surface area contributed by atoms with E-state index in [1.807, 2.05) is 46.3 Å². The highest BCUT2D eigenvalue weighted by Crippen LogP contribution is 2.35. The quantitative estimate of drug-likeness (QED) is 0.159. The summed E-state index contributed by atoms with van der Waals surface area (Å²) in [6, 6.07) is 1.58. The van der Waals surface area contributed by atoms with E-state index in [-0.39, 0.29) is 17.9 Å².